The van der Waals surface area contributed by atoms with Gasteiger partial charge in [0.2, 0.25) is 0 Å². The third kappa shape index (κ3) is 4.29. The van der Waals surface area contributed by atoms with Crippen molar-refractivity contribution in [2.45, 2.75) is 25.0 Å². The number of hydrogen-bond acceptors (Lipinski definition) is 6. The van der Waals surface area contributed by atoms with Crippen LogP contribution in [0.1, 0.15) is 29.0 Å². The number of hydrogen-bond donors (Lipinski definition) is 2. The SMILES string of the molecule is C[C@@H](c1nc(-c2ccc(C(N)=S)cc2)cs1)[C@](O)(Cn1cncn1)c1ccc(F)cc1F. The maximum atomic E-state index is 14.7. The molecular weight excluding hydrogens is 452 g/mol. The maximum absolute atomic E-state index is 14.7. The fraction of sp³-hybridized carbons (Fsp3) is 0.182. The van der Waals surface area contributed by atoms with Crippen molar-refractivity contribution in [3.63, 3.8) is 0 Å². The second-order valence-electron chi connectivity index (χ2n) is 7.38. The fourth-order valence-corrected chi connectivity index (χ4v) is 4.59. The number of halogens is 2. The van der Waals surface area contributed by atoms with E-state index in [9.17, 15) is 13.9 Å². The molecule has 2 atom stereocenters. The summed E-state index contributed by atoms with van der Waals surface area (Å²) in [5.74, 6) is -2.20. The minimum atomic E-state index is -1.75. The summed E-state index contributed by atoms with van der Waals surface area (Å²) in [6.07, 6.45) is 2.75. The summed E-state index contributed by atoms with van der Waals surface area (Å²) >= 11 is 6.33. The Morgan fingerprint density at radius 3 is 2.62 bits per heavy atom. The number of thiocarbonyl (C=S) groups is 1. The molecule has 0 radical (unpaired) electrons. The molecule has 10 heteroatoms. The highest BCUT2D eigenvalue weighted by Gasteiger charge is 2.41. The van der Waals surface area contributed by atoms with Crippen LogP contribution in [0.15, 0.2) is 60.5 Å². The van der Waals surface area contributed by atoms with Gasteiger partial charge in [-0.15, -0.1) is 11.3 Å². The van der Waals surface area contributed by atoms with Crippen LogP contribution < -0.4 is 5.73 Å². The van der Waals surface area contributed by atoms with Crippen LogP contribution in [0.4, 0.5) is 8.78 Å². The first-order valence-corrected chi connectivity index (χ1v) is 10.9. The average molecular weight is 472 g/mol. The highest BCUT2D eigenvalue weighted by atomic mass is 32.1. The molecular formula is C22H19F2N5OS2. The lowest BCUT2D eigenvalue weighted by Crippen LogP contribution is -2.38. The van der Waals surface area contributed by atoms with Crippen molar-refractivity contribution in [1.29, 1.82) is 0 Å². The molecule has 4 aromatic rings. The largest absolute Gasteiger partial charge is 0.389 e. The van der Waals surface area contributed by atoms with E-state index in [1.54, 1.807) is 6.92 Å². The predicted molar refractivity (Wildman–Crippen MR) is 122 cm³/mol. The van der Waals surface area contributed by atoms with E-state index >= 15 is 0 Å². The normalized spacial score (nSPS) is 14.1. The van der Waals surface area contributed by atoms with E-state index in [4.69, 9.17) is 18.0 Å². The first-order chi connectivity index (χ1) is 15.3. The molecule has 0 aliphatic heterocycles. The van der Waals surface area contributed by atoms with Crippen LogP contribution in [0, 0.1) is 11.6 Å². The van der Waals surface area contributed by atoms with Crippen LogP contribution in [0.5, 0.6) is 0 Å². The molecule has 2 aromatic carbocycles. The molecule has 4 rings (SSSR count). The molecule has 6 nitrogen and oxygen atoms in total. The van der Waals surface area contributed by atoms with Gasteiger partial charge >= 0.3 is 0 Å². The van der Waals surface area contributed by atoms with Gasteiger partial charge in [-0.2, -0.15) is 5.10 Å². The topological polar surface area (TPSA) is 89.8 Å². The molecule has 2 heterocycles. The molecule has 0 amide bonds. The Bertz CT molecular complexity index is 1240. The molecule has 0 bridgehead atoms. The zero-order chi connectivity index (χ0) is 22.9. The Morgan fingerprint density at radius 2 is 2.00 bits per heavy atom. The van der Waals surface area contributed by atoms with Crippen LogP contribution in [0.3, 0.4) is 0 Å². The smallest absolute Gasteiger partial charge is 0.137 e. The monoisotopic (exact) mass is 471 g/mol. The molecule has 0 unspecified atom stereocenters. The third-order valence-corrected chi connectivity index (χ3v) is 6.60. The summed E-state index contributed by atoms with van der Waals surface area (Å²) in [7, 11) is 0. The highest BCUT2D eigenvalue weighted by molar-refractivity contribution is 7.80. The number of benzene rings is 2. The summed E-state index contributed by atoms with van der Waals surface area (Å²) in [6.45, 7) is 1.66. The molecule has 0 fully saturated rings. The van der Waals surface area contributed by atoms with Crippen LogP contribution in [0.25, 0.3) is 11.3 Å². The lowest BCUT2D eigenvalue weighted by Gasteiger charge is -2.33. The summed E-state index contributed by atoms with van der Waals surface area (Å²) in [5, 5.41) is 18.2. The van der Waals surface area contributed by atoms with Gasteiger partial charge in [-0.1, -0.05) is 49.5 Å². The minimum absolute atomic E-state index is 0.0422. The van der Waals surface area contributed by atoms with E-state index < -0.39 is 23.2 Å². The van der Waals surface area contributed by atoms with E-state index in [1.807, 2.05) is 29.6 Å². The van der Waals surface area contributed by atoms with Gasteiger partial charge in [0.25, 0.3) is 0 Å². The summed E-state index contributed by atoms with van der Waals surface area (Å²) in [5.41, 5.74) is 6.16. The van der Waals surface area contributed by atoms with Gasteiger partial charge in [0.1, 0.15) is 34.9 Å². The van der Waals surface area contributed by atoms with Gasteiger partial charge in [-0.3, -0.25) is 0 Å². The van der Waals surface area contributed by atoms with Gasteiger partial charge in [-0.05, 0) is 6.07 Å². The summed E-state index contributed by atoms with van der Waals surface area (Å²) < 4.78 is 29.7. The van der Waals surface area contributed by atoms with Gasteiger partial charge in [-0.25, -0.2) is 23.4 Å². The summed E-state index contributed by atoms with van der Waals surface area (Å²) in [6, 6.07) is 10.5. The standard InChI is InChI=1S/C22H19F2N5OS2/c1-13(21-28-19(9-32-21)14-2-4-15(5-3-14)20(25)31)22(30,10-29-12-26-11-27-29)17-7-6-16(23)8-18(17)24/h2-9,11-13,30H,10H2,1H3,(H2,25,31)/t13-,22+/m0/s1. The van der Waals surface area contributed by atoms with E-state index in [0.29, 0.717) is 15.7 Å². The Kier molecular flexibility index (Phi) is 6.09. The molecule has 0 saturated heterocycles. The number of rotatable bonds is 7. The Hall–Kier alpha value is -3.08. The molecule has 164 valence electrons. The molecule has 2 aromatic heterocycles. The van der Waals surface area contributed by atoms with E-state index in [1.165, 1.54) is 34.7 Å². The Balaban J connectivity index is 1.71. The minimum Gasteiger partial charge on any atom is -0.389 e. The van der Waals surface area contributed by atoms with Gasteiger partial charge < -0.3 is 10.8 Å². The van der Waals surface area contributed by atoms with Crippen molar-refractivity contribution in [2.24, 2.45) is 5.73 Å². The van der Waals surface area contributed by atoms with Crippen molar-refractivity contribution in [2.75, 3.05) is 0 Å². The van der Waals surface area contributed by atoms with Crippen LogP contribution in [0.2, 0.25) is 0 Å². The van der Waals surface area contributed by atoms with Gasteiger partial charge in [0.05, 0.1) is 17.2 Å². The second-order valence-corrected chi connectivity index (χ2v) is 8.71. The molecule has 0 spiro atoms. The molecule has 32 heavy (non-hydrogen) atoms. The van der Waals surface area contributed by atoms with Crippen molar-refractivity contribution in [1.82, 2.24) is 19.7 Å². The first kappa shape index (κ1) is 22.1. The molecule has 0 saturated carbocycles. The second kappa shape index (κ2) is 8.81. The van der Waals surface area contributed by atoms with Gasteiger partial charge in [0.15, 0.2) is 0 Å². The van der Waals surface area contributed by atoms with Crippen LogP contribution in [-0.2, 0) is 12.1 Å². The molecule has 0 aliphatic rings. The average Bonchev–Trinajstić information content (AvgIpc) is 3.45. The number of nitrogens with zero attached hydrogens (tertiary/aromatic N) is 4. The number of aliphatic hydroxyl groups is 1. The maximum Gasteiger partial charge on any atom is 0.137 e. The number of aromatic nitrogens is 4. The zero-order valence-corrected chi connectivity index (χ0v) is 18.6. The highest BCUT2D eigenvalue weighted by Crippen LogP contribution is 2.41. The molecule has 0 aliphatic carbocycles. The van der Waals surface area contributed by atoms with Crippen molar-refractivity contribution < 1.29 is 13.9 Å². The summed E-state index contributed by atoms with van der Waals surface area (Å²) in [4.78, 5) is 8.87. The van der Waals surface area contributed by atoms with E-state index in [-0.39, 0.29) is 12.1 Å². The molecule has 3 N–H and O–H groups in total. The zero-order valence-electron chi connectivity index (χ0n) is 16.9. The van der Waals surface area contributed by atoms with Gasteiger partial charge in [0, 0.05) is 34.1 Å². The first-order valence-electron chi connectivity index (χ1n) is 9.64. The van der Waals surface area contributed by atoms with E-state index in [0.717, 1.165) is 23.3 Å². The predicted octanol–water partition coefficient (Wildman–Crippen LogP) is 4.01. The quantitative estimate of drug-likeness (QED) is 0.396. The Labute approximate surface area is 192 Å². The van der Waals surface area contributed by atoms with Crippen LogP contribution >= 0.6 is 23.6 Å². The fourth-order valence-electron chi connectivity index (χ4n) is 3.49. The van der Waals surface area contributed by atoms with E-state index in [2.05, 4.69) is 15.1 Å². The van der Waals surface area contributed by atoms with Crippen molar-refractivity contribution in [3.8, 4) is 11.3 Å². The number of thiazole rings is 1. The lowest BCUT2D eigenvalue weighted by molar-refractivity contribution is -0.0112. The van der Waals surface area contributed by atoms with Crippen LogP contribution in [-0.4, -0.2) is 29.8 Å². The third-order valence-electron chi connectivity index (χ3n) is 5.34. The number of nitrogens with two attached hydrogens (primary N) is 1. The van der Waals surface area contributed by atoms with Crippen molar-refractivity contribution >= 4 is 28.5 Å². The lowest BCUT2D eigenvalue weighted by atomic mass is 9.82. The van der Waals surface area contributed by atoms with Crippen molar-refractivity contribution in [3.05, 3.63) is 88.3 Å². The Morgan fingerprint density at radius 1 is 1.25 bits per heavy atom.